The monoisotopic (exact) mass is 277 g/mol. The molecule has 110 valence electrons. The minimum absolute atomic E-state index is 0.251. The second-order valence-electron chi connectivity index (χ2n) is 6.22. The lowest BCUT2D eigenvalue weighted by Gasteiger charge is -2.37. The number of nitrogens with zero attached hydrogens (tertiary/aromatic N) is 2. The van der Waals surface area contributed by atoms with E-state index in [0.29, 0.717) is 12.1 Å². The normalized spacial score (nSPS) is 26.5. The first-order chi connectivity index (χ1) is 9.76. The summed E-state index contributed by atoms with van der Waals surface area (Å²) in [6, 6.07) is 4.59. The molecule has 3 rings (SSSR count). The number of anilines is 1. The third-order valence-electron chi connectivity index (χ3n) is 4.70. The second-order valence-corrected chi connectivity index (χ2v) is 6.22. The van der Waals surface area contributed by atoms with Gasteiger partial charge in [-0.2, -0.15) is 0 Å². The average Bonchev–Trinajstić information content (AvgIpc) is 3.30. The van der Waals surface area contributed by atoms with E-state index < -0.39 is 0 Å². The Morgan fingerprint density at radius 2 is 1.95 bits per heavy atom. The van der Waals surface area contributed by atoms with Crippen LogP contribution in [0.2, 0.25) is 0 Å². The van der Waals surface area contributed by atoms with Crippen LogP contribution >= 0.6 is 0 Å². The molecule has 0 saturated heterocycles. The van der Waals surface area contributed by atoms with Crippen molar-refractivity contribution in [3.8, 4) is 0 Å². The van der Waals surface area contributed by atoms with Gasteiger partial charge >= 0.3 is 0 Å². The Morgan fingerprint density at radius 3 is 2.50 bits per heavy atom. The van der Waals surface area contributed by atoms with Crippen molar-refractivity contribution in [2.24, 2.45) is 5.92 Å². The summed E-state index contributed by atoms with van der Waals surface area (Å²) >= 11 is 0. The minimum Gasteiger partial charge on any atom is -0.353 e. The van der Waals surface area contributed by atoms with E-state index in [1.807, 2.05) is 6.07 Å². The molecule has 0 bridgehead atoms. The van der Waals surface area contributed by atoms with Gasteiger partial charge in [-0.25, -0.2) is 9.37 Å². The van der Waals surface area contributed by atoms with Crippen LogP contribution in [0.15, 0.2) is 18.3 Å². The smallest absolute Gasteiger partial charge is 0.141 e. The third-order valence-corrected chi connectivity index (χ3v) is 4.70. The molecular weight excluding hydrogens is 253 g/mol. The van der Waals surface area contributed by atoms with Crippen molar-refractivity contribution in [2.75, 3.05) is 18.5 Å². The van der Waals surface area contributed by atoms with Crippen LogP contribution in [0.4, 0.5) is 10.2 Å². The molecule has 20 heavy (non-hydrogen) atoms. The summed E-state index contributed by atoms with van der Waals surface area (Å²) in [4.78, 5) is 6.74. The molecule has 2 fully saturated rings. The number of nitrogens with one attached hydrogen (secondary N) is 1. The molecule has 0 atom stereocenters. The highest BCUT2D eigenvalue weighted by Crippen LogP contribution is 2.34. The second kappa shape index (κ2) is 6.08. The summed E-state index contributed by atoms with van der Waals surface area (Å²) < 4.78 is 13.1. The van der Waals surface area contributed by atoms with Crippen LogP contribution in [-0.4, -0.2) is 30.7 Å². The SMILES string of the molecule is CN[C@H]1CC[C@H](N(CC2CC2)c2ccc(F)cn2)CC1. The number of pyridine rings is 1. The fraction of sp³-hybridized carbons (Fsp3) is 0.688. The summed E-state index contributed by atoms with van der Waals surface area (Å²) in [5, 5.41) is 3.38. The quantitative estimate of drug-likeness (QED) is 0.897. The Labute approximate surface area is 120 Å². The van der Waals surface area contributed by atoms with Crippen molar-refractivity contribution < 1.29 is 4.39 Å². The van der Waals surface area contributed by atoms with E-state index in [2.05, 4.69) is 22.2 Å². The largest absolute Gasteiger partial charge is 0.353 e. The Hall–Kier alpha value is -1.16. The van der Waals surface area contributed by atoms with Gasteiger partial charge in [0.15, 0.2) is 0 Å². The highest BCUT2D eigenvalue weighted by atomic mass is 19.1. The van der Waals surface area contributed by atoms with Crippen LogP contribution < -0.4 is 10.2 Å². The topological polar surface area (TPSA) is 28.2 Å². The molecule has 0 spiro atoms. The molecular formula is C16H24FN3. The van der Waals surface area contributed by atoms with Crippen LogP contribution in [0.1, 0.15) is 38.5 Å². The van der Waals surface area contributed by atoms with E-state index in [4.69, 9.17) is 0 Å². The van der Waals surface area contributed by atoms with Gasteiger partial charge in [0.05, 0.1) is 6.20 Å². The number of hydrogen-bond acceptors (Lipinski definition) is 3. The molecule has 1 N–H and O–H groups in total. The molecule has 1 aromatic heterocycles. The highest BCUT2D eigenvalue weighted by molar-refractivity contribution is 5.40. The van der Waals surface area contributed by atoms with Crippen molar-refractivity contribution in [1.82, 2.24) is 10.3 Å². The Balaban J connectivity index is 1.70. The van der Waals surface area contributed by atoms with Gasteiger partial charge in [0.1, 0.15) is 11.6 Å². The standard InChI is InChI=1S/C16H24FN3/c1-18-14-5-7-15(8-6-14)20(11-12-2-3-12)16-9-4-13(17)10-19-16/h4,9-10,12,14-15,18H,2-3,5-8,11H2,1H3/t14-,15-. The fourth-order valence-electron chi connectivity index (χ4n) is 3.22. The van der Waals surface area contributed by atoms with Gasteiger partial charge in [0.25, 0.3) is 0 Å². The van der Waals surface area contributed by atoms with Gasteiger partial charge in [0.2, 0.25) is 0 Å². The van der Waals surface area contributed by atoms with Gasteiger partial charge < -0.3 is 10.2 Å². The number of hydrogen-bond donors (Lipinski definition) is 1. The summed E-state index contributed by atoms with van der Waals surface area (Å²) in [7, 11) is 2.05. The van der Waals surface area contributed by atoms with Gasteiger partial charge in [0, 0.05) is 18.6 Å². The van der Waals surface area contributed by atoms with Crippen LogP contribution in [0, 0.1) is 11.7 Å². The van der Waals surface area contributed by atoms with Crippen molar-refractivity contribution in [3.05, 3.63) is 24.1 Å². The average molecular weight is 277 g/mol. The molecule has 3 nitrogen and oxygen atoms in total. The third kappa shape index (κ3) is 3.29. The van der Waals surface area contributed by atoms with Crippen LogP contribution in [0.25, 0.3) is 0 Å². The van der Waals surface area contributed by atoms with Crippen LogP contribution in [0.3, 0.4) is 0 Å². The van der Waals surface area contributed by atoms with E-state index in [9.17, 15) is 4.39 Å². The lowest BCUT2D eigenvalue weighted by atomic mass is 9.90. The lowest BCUT2D eigenvalue weighted by molar-refractivity contribution is 0.341. The zero-order valence-electron chi connectivity index (χ0n) is 12.2. The molecule has 0 radical (unpaired) electrons. The first kappa shape index (κ1) is 13.8. The highest BCUT2D eigenvalue weighted by Gasteiger charge is 2.31. The van der Waals surface area contributed by atoms with Gasteiger partial charge in [-0.05, 0) is 63.6 Å². The zero-order chi connectivity index (χ0) is 13.9. The summed E-state index contributed by atoms with van der Waals surface area (Å²) in [6.07, 6.45) is 8.88. The maximum atomic E-state index is 13.1. The number of aromatic nitrogens is 1. The fourth-order valence-corrected chi connectivity index (χ4v) is 3.22. The predicted molar refractivity (Wildman–Crippen MR) is 79.4 cm³/mol. The van der Waals surface area contributed by atoms with Crippen molar-refractivity contribution in [3.63, 3.8) is 0 Å². The van der Waals surface area contributed by atoms with Crippen molar-refractivity contribution in [2.45, 2.75) is 50.6 Å². The molecule has 1 heterocycles. The zero-order valence-corrected chi connectivity index (χ0v) is 12.2. The maximum Gasteiger partial charge on any atom is 0.141 e. The summed E-state index contributed by atoms with van der Waals surface area (Å²) in [6.45, 7) is 1.09. The van der Waals surface area contributed by atoms with Crippen LogP contribution in [0.5, 0.6) is 0 Å². The van der Waals surface area contributed by atoms with E-state index in [1.165, 1.54) is 50.8 Å². The van der Waals surface area contributed by atoms with E-state index >= 15 is 0 Å². The van der Waals surface area contributed by atoms with Gasteiger partial charge in [-0.3, -0.25) is 0 Å². The first-order valence-corrected chi connectivity index (χ1v) is 7.81. The molecule has 2 saturated carbocycles. The number of rotatable bonds is 5. The molecule has 2 aliphatic carbocycles. The number of halogens is 1. The Morgan fingerprint density at radius 1 is 1.20 bits per heavy atom. The van der Waals surface area contributed by atoms with Crippen molar-refractivity contribution >= 4 is 5.82 Å². The van der Waals surface area contributed by atoms with E-state index in [0.717, 1.165) is 18.3 Å². The lowest BCUT2D eigenvalue weighted by Crippen LogP contribution is -2.43. The van der Waals surface area contributed by atoms with E-state index in [1.54, 1.807) is 0 Å². The molecule has 0 aromatic carbocycles. The van der Waals surface area contributed by atoms with Crippen molar-refractivity contribution in [1.29, 1.82) is 0 Å². The molecule has 1 aromatic rings. The van der Waals surface area contributed by atoms with Crippen LogP contribution in [-0.2, 0) is 0 Å². The molecule has 0 aliphatic heterocycles. The molecule has 4 heteroatoms. The van der Waals surface area contributed by atoms with E-state index in [-0.39, 0.29) is 5.82 Å². The Kier molecular flexibility index (Phi) is 4.20. The summed E-state index contributed by atoms with van der Waals surface area (Å²) in [5.74, 6) is 1.52. The first-order valence-electron chi connectivity index (χ1n) is 7.81. The van der Waals surface area contributed by atoms with Gasteiger partial charge in [-0.15, -0.1) is 0 Å². The Bertz CT molecular complexity index is 422. The minimum atomic E-state index is -0.251. The predicted octanol–water partition coefficient (Wildman–Crippen LogP) is 2.97. The van der Waals surface area contributed by atoms with Gasteiger partial charge in [-0.1, -0.05) is 0 Å². The summed E-state index contributed by atoms with van der Waals surface area (Å²) in [5.41, 5.74) is 0. The molecule has 0 amide bonds. The maximum absolute atomic E-state index is 13.1. The molecule has 0 unspecified atom stereocenters. The molecule has 2 aliphatic rings.